The summed E-state index contributed by atoms with van der Waals surface area (Å²) in [6.45, 7) is 0.990. The molecule has 0 bridgehead atoms. The Hall–Kier alpha value is 1.39. The summed E-state index contributed by atoms with van der Waals surface area (Å²) in [6.07, 6.45) is 1.71. The molecular formula is C3H8NaOP. The van der Waals surface area contributed by atoms with Crippen LogP contribution in [0.15, 0.2) is 0 Å². The molecule has 0 N–H and O–H groups in total. The first-order valence-corrected chi connectivity index (χ1v) is 2.57. The fourth-order valence-corrected chi connectivity index (χ4v) is 0.476. The Morgan fingerprint density at radius 3 is 2.33 bits per heavy atom. The van der Waals surface area contributed by atoms with Crippen LogP contribution in [0.3, 0.4) is 0 Å². The van der Waals surface area contributed by atoms with Gasteiger partial charge in [-0.1, -0.05) is 0 Å². The van der Waals surface area contributed by atoms with Crippen LogP contribution in [0.2, 0.25) is 0 Å². The van der Waals surface area contributed by atoms with E-state index >= 15 is 0 Å². The second kappa shape index (κ2) is 3.40. The van der Waals surface area contributed by atoms with Crippen LogP contribution in [-0.4, -0.2) is 48.4 Å². The van der Waals surface area contributed by atoms with Gasteiger partial charge in [0.15, 0.2) is 0 Å². The molecule has 1 fully saturated rings. The van der Waals surface area contributed by atoms with E-state index in [4.69, 9.17) is 4.74 Å². The van der Waals surface area contributed by atoms with Gasteiger partial charge in [0.1, 0.15) is 0 Å². The molecule has 2 unspecified atom stereocenters. The molecule has 0 aromatic heterocycles. The van der Waals surface area contributed by atoms with Crippen molar-refractivity contribution in [3.05, 3.63) is 0 Å². The molecule has 0 aromatic carbocycles. The Kier molecular flexibility index (Phi) is 4.19. The van der Waals surface area contributed by atoms with Gasteiger partial charge in [0.05, 0.1) is 12.7 Å². The Morgan fingerprint density at radius 1 is 1.83 bits per heavy atom. The van der Waals surface area contributed by atoms with Crippen molar-refractivity contribution in [1.82, 2.24) is 0 Å². The third-order valence-corrected chi connectivity index (χ3v) is 1.19. The molecule has 0 radical (unpaired) electrons. The first-order valence-electron chi connectivity index (χ1n) is 1.75. The average Bonchev–Trinajstić information content (AvgIpc) is 2.12. The fourth-order valence-electron chi connectivity index (χ4n) is 0.204. The van der Waals surface area contributed by atoms with E-state index in [0.29, 0.717) is 6.10 Å². The minimum absolute atomic E-state index is 0. The van der Waals surface area contributed by atoms with Crippen LogP contribution in [0.25, 0.3) is 0 Å². The summed E-state index contributed by atoms with van der Waals surface area (Å²) in [5.74, 6) is 0. The summed E-state index contributed by atoms with van der Waals surface area (Å²) >= 11 is 0. The monoisotopic (exact) mass is 114 g/mol. The van der Waals surface area contributed by atoms with Gasteiger partial charge in [0, 0.05) is 0 Å². The molecule has 1 saturated heterocycles. The van der Waals surface area contributed by atoms with Crippen molar-refractivity contribution >= 4 is 38.8 Å². The first-order chi connectivity index (χ1) is 2.43. The van der Waals surface area contributed by atoms with Gasteiger partial charge >= 0.3 is 29.6 Å². The zero-order valence-electron chi connectivity index (χ0n) is 2.98. The van der Waals surface area contributed by atoms with Gasteiger partial charge in [0.2, 0.25) is 0 Å². The predicted octanol–water partition coefficient (Wildman–Crippen LogP) is -0.388. The van der Waals surface area contributed by atoms with Gasteiger partial charge < -0.3 is 4.74 Å². The number of rotatable bonds is 1. The van der Waals surface area contributed by atoms with Crippen LogP contribution in [0.1, 0.15) is 0 Å². The molecule has 0 saturated carbocycles. The van der Waals surface area contributed by atoms with Crippen molar-refractivity contribution < 1.29 is 4.74 Å². The van der Waals surface area contributed by atoms with E-state index in [-0.39, 0.29) is 29.6 Å². The topological polar surface area (TPSA) is 12.5 Å². The first kappa shape index (κ1) is 7.39. The number of ether oxygens (including phenoxy) is 1. The van der Waals surface area contributed by atoms with Crippen molar-refractivity contribution in [3.8, 4) is 0 Å². The predicted molar refractivity (Wildman–Crippen MR) is 31.5 cm³/mol. The average molecular weight is 114 g/mol. The zero-order chi connectivity index (χ0) is 3.70. The summed E-state index contributed by atoms with van der Waals surface area (Å²) < 4.78 is 4.84. The fraction of sp³-hybridized carbons (Fsp3) is 1.00. The van der Waals surface area contributed by atoms with Gasteiger partial charge in [-0.3, -0.25) is 0 Å². The number of hydrogen-bond acceptors (Lipinski definition) is 1. The number of epoxide rings is 1. The maximum absolute atomic E-state index is 4.84. The van der Waals surface area contributed by atoms with E-state index in [9.17, 15) is 0 Å². The molecule has 0 aromatic rings. The molecule has 6 heavy (non-hydrogen) atoms. The minimum atomic E-state index is 0. The molecule has 0 amide bonds. The zero-order valence-corrected chi connectivity index (χ0v) is 4.13. The Balaban J connectivity index is 0.000000250. The summed E-state index contributed by atoms with van der Waals surface area (Å²) in [6, 6.07) is 0. The van der Waals surface area contributed by atoms with Gasteiger partial charge in [-0.25, -0.2) is 0 Å². The molecule has 1 rings (SSSR count). The van der Waals surface area contributed by atoms with Crippen molar-refractivity contribution in [2.75, 3.05) is 12.8 Å². The molecule has 2 atom stereocenters. The van der Waals surface area contributed by atoms with Gasteiger partial charge in [-0.2, -0.15) is 0 Å². The normalized spacial score (nSPS) is 28.5. The van der Waals surface area contributed by atoms with E-state index in [1.165, 1.54) is 0 Å². The van der Waals surface area contributed by atoms with Crippen molar-refractivity contribution in [2.24, 2.45) is 0 Å². The van der Waals surface area contributed by atoms with Gasteiger partial charge in [-0.05, 0) is 6.16 Å². The standard InChI is InChI=1S/C3H7OP.Na.H/c5-2-3-1-4-3;;/h3H,1-2,5H2;;. The molecular weight excluding hydrogens is 106 g/mol. The third-order valence-electron chi connectivity index (χ3n) is 0.665. The van der Waals surface area contributed by atoms with Gasteiger partial charge in [-0.15, -0.1) is 9.24 Å². The summed E-state index contributed by atoms with van der Waals surface area (Å²) in [4.78, 5) is 0. The number of hydrogen-bond donors (Lipinski definition) is 0. The Labute approximate surface area is 62.3 Å². The third kappa shape index (κ3) is 2.54. The molecule has 0 spiro atoms. The van der Waals surface area contributed by atoms with Gasteiger partial charge in [0.25, 0.3) is 0 Å². The van der Waals surface area contributed by atoms with Crippen molar-refractivity contribution in [2.45, 2.75) is 6.10 Å². The van der Waals surface area contributed by atoms with Crippen LogP contribution in [0, 0.1) is 0 Å². The van der Waals surface area contributed by atoms with Crippen LogP contribution >= 0.6 is 9.24 Å². The van der Waals surface area contributed by atoms with Crippen LogP contribution in [-0.2, 0) is 4.74 Å². The van der Waals surface area contributed by atoms with E-state index in [1.54, 1.807) is 0 Å². The summed E-state index contributed by atoms with van der Waals surface area (Å²) in [5, 5.41) is 0. The molecule has 0 aliphatic carbocycles. The van der Waals surface area contributed by atoms with E-state index in [1.807, 2.05) is 0 Å². The maximum atomic E-state index is 4.84. The quantitative estimate of drug-likeness (QED) is 0.257. The second-order valence-corrected chi connectivity index (χ2v) is 1.66. The van der Waals surface area contributed by atoms with Crippen molar-refractivity contribution in [1.29, 1.82) is 0 Å². The molecule has 32 valence electrons. The van der Waals surface area contributed by atoms with E-state index < -0.39 is 0 Å². The van der Waals surface area contributed by atoms with E-state index in [0.717, 1.165) is 12.8 Å². The van der Waals surface area contributed by atoms with Crippen LogP contribution < -0.4 is 0 Å². The summed E-state index contributed by atoms with van der Waals surface area (Å²) in [7, 11) is 2.63. The SMILES string of the molecule is PCC1CO1.[NaH]. The molecule has 3 heteroatoms. The Morgan fingerprint density at radius 2 is 2.33 bits per heavy atom. The second-order valence-electron chi connectivity index (χ2n) is 1.19. The van der Waals surface area contributed by atoms with Crippen molar-refractivity contribution in [3.63, 3.8) is 0 Å². The molecule has 1 aliphatic heterocycles. The Bertz CT molecular complexity index is 37.8. The molecule has 1 aliphatic rings. The van der Waals surface area contributed by atoms with Crippen LogP contribution in [0.4, 0.5) is 0 Å². The van der Waals surface area contributed by atoms with Crippen LogP contribution in [0.5, 0.6) is 0 Å². The molecule has 1 nitrogen and oxygen atoms in total. The van der Waals surface area contributed by atoms with E-state index in [2.05, 4.69) is 9.24 Å². The summed E-state index contributed by atoms with van der Waals surface area (Å²) in [5.41, 5.74) is 0. The molecule has 1 heterocycles.